The summed E-state index contributed by atoms with van der Waals surface area (Å²) in [6, 6.07) is 11.5. The van der Waals surface area contributed by atoms with Crippen LogP contribution in [0.15, 0.2) is 51.8 Å². The highest BCUT2D eigenvalue weighted by molar-refractivity contribution is 9.10. The van der Waals surface area contributed by atoms with Crippen molar-refractivity contribution in [1.29, 1.82) is 0 Å². The van der Waals surface area contributed by atoms with E-state index in [1.807, 2.05) is 0 Å². The molecule has 130 valence electrons. The van der Waals surface area contributed by atoms with Gasteiger partial charge in [-0.3, -0.25) is 4.72 Å². The molecule has 25 heavy (non-hydrogen) atoms. The molecule has 0 bridgehead atoms. The van der Waals surface area contributed by atoms with Gasteiger partial charge < -0.3 is 4.74 Å². The lowest BCUT2D eigenvalue weighted by Gasteiger charge is -2.07. The van der Waals surface area contributed by atoms with Crippen molar-refractivity contribution in [1.82, 2.24) is 10.2 Å². The van der Waals surface area contributed by atoms with Crippen molar-refractivity contribution in [2.24, 2.45) is 0 Å². The first-order valence-corrected chi connectivity index (χ1v) is 10.3. The van der Waals surface area contributed by atoms with Crippen LogP contribution in [0, 0.1) is 0 Å². The summed E-state index contributed by atoms with van der Waals surface area (Å²) in [5.74, 6) is 0.542. The Bertz CT molecular complexity index is 1010. The first-order valence-electron chi connectivity index (χ1n) is 6.85. The van der Waals surface area contributed by atoms with E-state index in [-0.39, 0.29) is 10.0 Å². The number of anilines is 1. The number of hydrogen-bond acceptors (Lipinski definition) is 6. The Hall–Kier alpha value is -1.68. The molecule has 3 rings (SSSR count). The Morgan fingerprint density at radius 2 is 1.88 bits per heavy atom. The van der Waals surface area contributed by atoms with Gasteiger partial charge in [0.2, 0.25) is 5.13 Å². The van der Waals surface area contributed by atoms with Crippen LogP contribution < -0.4 is 9.46 Å². The van der Waals surface area contributed by atoms with Gasteiger partial charge in [-0.05, 0) is 46.3 Å². The molecule has 0 aliphatic carbocycles. The van der Waals surface area contributed by atoms with Crippen molar-refractivity contribution < 1.29 is 13.2 Å². The lowest BCUT2D eigenvalue weighted by molar-refractivity contribution is 0.411. The van der Waals surface area contributed by atoms with Crippen molar-refractivity contribution in [3.05, 3.63) is 52.0 Å². The molecule has 0 spiro atoms. The number of sulfonamides is 1. The van der Waals surface area contributed by atoms with Gasteiger partial charge in [0.05, 0.1) is 16.5 Å². The number of halogens is 2. The van der Waals surface area contributed by atoms with Crippen LogP contribution in [0.25, 0.3) is 10.6 Å². The van der Waals surface area contributed by atoms with E-state index < -0.39 is 10.0 Å². The molecule has 0 saturated heterocycles. The molecule has 6 nitrogen and oxygen atoms in total. The summed E-state index contributed by atoms with van der Waals surface area (Å²) in [6.45, 7) is 0. The van der Waals surface area contributed by atoms with Gasteiger partial charge in [0.1, 0.15) is 10.8 Å². The molecule has 0 atom stereocenters. The first kappa shape index (κ1) is 18.1. The molecule has 10 heteroatoms. The van der Waals surface area contributed by atoms with Crippen molar-refractivity contribution in [2.75, 3.05) is 11.8 Å². The zero-order valence-electron chi connectivity index (χ0n) is 12.7. The Balaban J connectivity index is 1.84. The molecule has 0 aliphatic heterocycles. The molecule has 0 amide bonds. The van der Waals surface area contributed by atoms with Gasteiger partial charge in [0, 0.05) is 10.6 Å². The maximum Gasteiger partial charge on any atom is 0.263 e. The van der Waals surface area contributed by atoms with E-state index in [2.05, 4.69) is 30.8 Å². The number of rotatable bonds is 5. The van der Waals surface area contributed by atoms with Crippen LogP contribution in [-0.2, 0) is 10.0 Å². The molecule has 1 aromatic heterocycles. The monoisotopic (exact) mass is 459 g/mol. The van der Waals surface area contributed by atoms with Crippen LogP contribution in [0.4, 0.5) is 5.13 Å². The second kappa shape index (κ2) is 7.28. The third-order valence-corrected chi connectivity index (χ3v) is 6.40. The van der Waals surface area contributed by atoms with E-state index in [9.17, 15) is 8.42 Å². The fourth-order valence-corrected chi connectivity index (χ4v) is 4.78. The zero-order chi connectivity index (χ0) is 18.0. The van der Waals surface area contributed by atoms with Crippen LogP contribution in [0.1, 0.15) is 0 Å². The van der Waals surface area contributed by atoms with Gasteiger partial charge >= 0.3 is 0 Å². The number of aromatic nitrogens is 2. The van der Waals surface area contributed by atoms with Gasteiger partial charge in [0.15, 0.2) is 0 Å². The van der Waals surface area contributed by atoms with Crippen molar-refractivity contribution in [2.45, 2.75) is 4.90 Å². The highest BCUT2D eigenvalue weighted by Gasteiger charge is 2.18. The maximum atomic E-state index is 12.5. The van der Waals surface area contributed by atoms with Gasteiger partial charge in [-0.25, -0.2) is 8.42 Å². The Morgan fingerprint density at radius 3 is 2.52 bits per heavy atom. The minimum absolute atomic E-state index is 0.0865. The molecule has 1 heterocycles. The standard InChI is InChI=1S/C15H11BrClN3O3S2/c1-23-13-7-6-11(8-12(13)16)25(21,22)20-15-19-18-14(24-15)9-2-4-10(17)5-3-9/h2-8H,1H3,(H,19,20). The topological polar surface area (TPSA) is 81.2 Å². The predicted octanol–water partition coefficient (Wildman–Crippen LogP) is 4.43. The molecule has 3 aromatic rings. The highest BCUT2D eigenvalue weighted by Crippen LogP contribution is 2.31. The van der Waals surface area contributed by atoms with Crippen LogP contribution in [-0.4, -0.2) is 25.7 Å². The Labute approximate surface area is 162 Å². The smallest absolute Gasteiger partial charge is 0.263 e. The number of nitrogens with zero attached hydrogens (tertiary/aromatic N) is 2. The fourth-order valence-electron chi connectivity index (χ4n) is 1.96. The average Bonchev–Trinajstić information content (AvgIpc) is 3.03. The number of hydrogen-bond donors (Lipinski definition) is 1. The van der Waals surface area contributed by atoms with E-state index in [0.29, 0.717) is 20.3 Å². The van der Waals surface area contributed by atoms with Gasteiger partial charge in [-0.1, -0.05) is 35.1 Å². The highest BCUT2D eigenvalue weighted by atomic mass is 79.9. The normalized spacial score (nSPS) is 11.3. The zero-order valence-corrected chi connectivity index (χ0v) is 16.7. The first-order chi connectivity index (χ1) is 11.9. The summed E-state index contributed by atoms with van der Waals surface area (Å²) in [6.07, 6.45) is 0. The second-order valence-electron chi connectivity index (χ2n) is 4.82. The average molecular weight is 461 g/mol. The largest absolute Gasteiger partial charge is 0.496 e. The second-order valence-corrected chi connectivity index (χ2v) is 8.77. The van der Waals surface area contributed by atoms with E-state index in [1.165, 1.54) is 19.2 Å². The van der Waals surface area contributed by atoms with Crippen LogP contribution in [0.5, 0.6) is 5.75 Å². The minimum atomic E-state index is -3.79. The summed E-state index contributed by atoms with van der Waals surface area (Å²) in [5, 5.41) is 9.28. The maximum absolute atomic E-state index is 12.5. The molecular formula is C15H11BrClN3O3S2. The van der Waals surface area contributed by atoms with Crippen molar-refractivity contribution in [3.8, 4) is 16.3 Å². The van der Waals surface area contributed by atoms with Crippen LogP contribution in [0.2, 0.25) is 5.02 Å². The van der Waals surface area contributed by atoms with Crippen LogP contribution in [0.3, 0.4) is 0 Å². The van der Waals surface area contributed by atoms with Gasteiger partial charge in [0.25, 0.3) is 10.0 Å². The van der Waals surface area contributed by atoms with Crippen LogP contribution >= 0.6 is 38.9 Å². The lowest BCUT2D eigenvalue weighted by Crippen LogP contribution is -2.12. The summed E-state index contributed by atoms with van der Waals surface area (Å²) in [5.41, 5.74) is 0.805. The SMILES string of the molecule is COc1ccc(S(=O)(=O)Nc2nnc(-c3ccc(Cl)cc3)s2)cc1Br. The number of ether oxygens (including phenoxy) is 1. The quantitative estimate of drug-likeness (QED) is 0.609. The van der Waals surface area contributed by atoms with Gasteiger partial charge in [-0.2, -0.15) is 0 Å². The summed E-state index contributed by atoms with van der Waals surface area (Å²) < 4.78 is 33.1. The third-order valence-electron chi connectivity index (χ3n) is 3.17. The van der Waals surface area contributed by atoms with E-state index in [0.717, 1.165) is 16.9 Å². The predicted molar refractivity (Wildman–Crippen MR) is 102 cm³/mol. The summed E-state index contributed by atoms with van der Waals surface area (Å²) in [4.78, 5) is 0.0865. The van der Waals surface area contributed by atoms with E-state index in [1.54, 1.807) is 30.3 Å². The number of benzene rings is 2. The molecule has 0 saturated carbocycles. The fraction of sp³-hybridized carbons (Fsp3) is 0.0667. The molecule has 0 unspecified atom stereocenters. The molecule has 1 N–H and O–H groups in total. The lowest BCUT2D eigenvalue weighted by atomic mass is 10.2. The van der Waals surface area contributed by atoms with Crippen molar-refractivity contribution >= 4 is 54.0 Å². The summed E-state index contributed by atoms with van der Waals surface area (Å²) >= 11 is 10.3. The van der Waals surface area contributed by atoms with E-state index >= 15 is 0 Å². The summed E-state index contributed by atoms with van der Waals surface area (Å²) in [7, 11) is -2.28. The Kier molecular flexibility index (Phi) is 5.28. The minimum Gasteiger partial charge on any atom is -0.496 e. The Morgan fingerprint density at radius 1 is 1.16 bits per heavy atom. The molecule has 0 radical (unpaired) electrons. The number of nitrogens with one attached hydrogen (secondary N) is 1. The van der Waals surface area contributed by atoms with Gasteiger partial charge in [-0.15, -0.1) is 10.2 Å². The number of methoxy groups -OCH3 is 1. The molecule has 0 aliphatic rings. The third kappa shape index (κ3) is 4.12. The molecular weight excluding hydrogens is 450 g/mol. The van der Waals surface area contributed by atoms with Crippen molar-refractivity contribution in [3.63, 3.8) is 0 Å². The molecule has 2 aromatic carbocycles. The molecule has 0 fully saturated rings. The van der Waals surface area contributed by atoms with E-state index in [4.69, 9.17) is 16.3 Å².